The number of hydrogen-bond acceptors (Lipinski definition) is 4. The molecule has 0 bridgehead atoms. The van der Waals surface area contributed by atoms with Gasteiger partial charge in [0.15, 0.2) is 0 Å². The smallest absolute Gasteiger partial charge is 0.243 e. The van der Waals surface area contributed by atoms with E-state index in [4.69, 9.17) is 10.5 Å². The first-order valence-electron chi connectivity index (χ1n) is 7.45. The van der Waals surface area contributed by atoms with E-state index in [2.05, 4.69) is 42.3 Å². The van der Waals surface area contributed by atoms with Crippen molar-refractivity contribution < 1.29 is 4.74 Å². The summed E-state index contributed by atoms with van der Waals surface area (Å²) in [6.45, 7) is 4.21. The molecule has 2 heterocycles. The lowest BCUT2D eigenvalue weighted by molar-refractivity contribution is 0.354. The number of fused-ring (bicyclic) bond motifs is 1. The molecule has 0 amide bonds. The molecule has 2 aliphatic rings. The van der Waals surface area contributed by atoms with Gasteiger partial charge in [0.1, 0.15) is 6.07 Å². The molecule has 0 unspecified atom stereocenters. The molecule has 0 saturated heterocycles. The molecule has 0 radical (unpaired) electrons. The monoisotopic (exact) mass is 284 g/mol. The average molecular weight is 284 g/mol. The zero-order chi connectivity index (χ0) is 15.0. The Bertz CT molecular complexity index is 648. The van der Waals surface area contributed by atoms with Gasteiger partial charge in [0.25, 0.3) is 0 Å². The largest absolute Gasteiger partial charge is 0.420 e. The summed E-state index contributed by atoms with van der Waals surface area (Å²) < 4.78 is 5.56. The lowest BCUT2D eigenvalue weighted by Gasteiger charge is -2.30. The van der Waals surface area contributed by atoms with Gasteiger partial charge in [-0.15, -0.1) is 5.10 Å². The van der Waals surface area contributed by atoms with Gasteiger partial charge in [-0.3, -0.25) is 5.10 Å². The Kier molecular flexibility index (Phi) is 3.46. The number of allylic oxidation sites excluding steroid dienone is 3. The van der Waals surface area contributed by atoms with Crippen LogP contribution < -0.4 is 10.5 Å². The molecule has 21 heavy (non-hydrogen) atoms. The molecule has 1 aromatic heterocycles. The van der Waals surface area contributed by atoms with Crippen molar-refractivity contribution in [1.29, 1.82) is 5.26 Å². The van der Waals surface area contributed by atoms with Crippen LogP contribution >= 0.6 is 0 Å². The fraction of sp³-hybridized carbons (Fsp3) is 0.500. The Labute approximate surface area is 124 Å². The van der Waals surface area contributed by atoms with E-state index in [1.54, 1.807) is 0 Å². The summed E-state index contributed by atoms with van der Waals surface area (Å²) in [7, 11) is 0. The second kappa shape index (κ2) is 5.28. The number of aromatic nitrogens is 2. The minimum absolute atomic E-state index is 0.0496. The Balaban J connectivity index is 2.14. The predicted octanol–water partition coefficient (Wildman–Crippen LogP) is 3.06. The van der Waals surface area contributed by atoms with Crippen LogP contribution in [0.25, 0.3) is 0 Å². The molecule has 3 N–H and O–H groups in total. The van der Waals surface area contributed by atoms with E-state index in [-0.39, 0.29) is 17.7 Å². The van der Waals surface area contributed by atoms with Crippen LogP contribution in [0, 0.1) is 17.2 Å². The number of nitrogens with zero attached hydrogens (tertiary/aromatic N) is 2. The molecular weight excluding hydrogens is 264 g/mol. The van der Waals surface area contributed by atoms with E-state index in [0.29, 0.717) is 17.4 Å². The van der Waals surface area contributed by atoms with E-state index < -0.39 is 0 Å². The molecule has 0 saturated carbocycles. The first-order valence-corrected chi connectivity index (χ1v) is 7.45. The van der Waals surface area contributed by atoms with Gasteiger partial charge in [0, 0.05) is 17.2 Å². The van der Waals surface area contributed by atoms with Crippen LogP contribution in [0.2, 0.25) is 0 Å². The molecule has 0 spiro atoms. The Hall–Kier alpha value is -2.22. The highest BCUT2D eigenvalue weighted by Gasteiger charge is 2.38. The standard InChI is InChI=1S/C16H20N4O/c1-9(2)14-13-12(10-6-4-3-5-7-10)11(8-17)15(18)21-16(13)20-19-14/h4,6,9-10,12H,3,5,7,18H2,1-2H3,(H,19,20)/t10-,12-/m0/s1. The van der Waals surface area contributed by atoms with Gasteiger partial charge in [0.2, 0.25) is 11.8 Å². The number of rotatable bonds is 2. The summed E-state index contributed by atoms with van der Waals surface area (Å²) in [6.07, 6.45) is 7.72. The van der Waals surface area contributed by atoms with E-state index >= 15 is 0 Å². The van der Waals surface area contributed by atoms with E-state index in [1.165, 1.54) is 0 Å². The summed E-state index contributed by atoms with van der Waals surface area (Å²) in [5.74, 6) is 1.24. The SMILES string of the molecule is CC(C)c1[nH]nc2c1[C@@H]([C@H]1C=CCCC1)C(C#N)=C(N)O2. The summed E-state index contributed by atoms with van der Waals surface area (Å²) in [5, 5.41) is 16.8. The summed E-state index contributed by atoms with van der Waals surface area (Å²) in [4.78, 5) is 0. The first-order chi connectivity index (χ1) is 10.1. The fourth-order valence-electron chi connectivity index (χ4n) is 3.29. The van der Waals surface area contributed by atoms with Crippen molar-refractivity contribution in [1.82, 2.24) is 10.2 Å². The fourth-order valence-corrected chi connectivity index (χ4v) is 3.29. The number of hydrogen-bond donors (Lipinski definition) is 2. The van der Waals surface area contributed by atoms with E-state index in [1.807, 2.05) is 0 Å². The third-order valence-electron chi connectivity index (χ3n) is 4.31. The summed E-state index contributed by atoms with van der Waals surface area (Å²) in [6, 6.07) is 2.25. The van der Waals surface area contributed by atoms with Crippen molar-refractivity contribution in [3.05, 3.63) is 34.9 Å². The van der Waals surface area contributed by atoms with Crippen LogP contribution in [0.15, 0.2) is 23.6 Å². The van der Waals surface area contributed by atoms with Crippen molar-refractivity contribution in [3.63, 3.8) is 0 Å². The van der Waals surface area contributed by atoms with E-state index in [9.17, 15) is 5.26 Å². The van der Waals surface area contributed by atoms with Crippen LogP contribution in [0.4, 0.5) is 0 Å². The lowest BCUT2D eigenvalue weighted by Crippen LogP contribution is -2.25. The maximum Gasteiger partial charge on any atom is 0.243 e. The Morgan fingerprint density at radius 2 is 2.33 bits per heavy atom. The molecule has 5 nitrogen and oxygen atoms in total. The molecule has 0 aromatic carbocycles. The number of aromatic amines is 1. The van der Waals surface area contributed by atoms with Crippen molar-refractivity contribution in [2.45, 2.75) is 44.9 Å². The van der Waals surface area contributed by atoms with Crippen LogP contribution in [0.5, 0.6) is 5.88 Å². The van der Waals surface area contributed by atoms with Gasteiger partial charge in [-0.1, -0.05) is 26.0 Å². The first kappa shape index (κ1) is 13.7. The maximum absolute atomic E-state index is 9.53. The van der Waals surface area contributed by atoms with Crippen LogP contribution in [0.3, 0.4) is 0 Å². The van der Waals surface area contributed by atoms with Crippen LogP contribution in [-0.4, -0.2) is 10.2 Å². The molecule has 3 rings (SSSR count). The average Bonchev–Trinajstić information content (AvgIpc) is 2.90. The number of nitriles is 1. The van der Waals surface area contributed by atoms with Gasteiger partial charge < -0.3 is 10.5 Å². The molecule has 1 aromatic rings. The van der Waals surface area contributed by atoms with Crippen molar-refractivity contribution >= 4 is 0 Å². The van der Waals surface area contributed by atoms with Gasteiger partial charge in [-0.2, -0.15) is 5.26 Å². The predicted molar refractivity (Wildman–Crippen MR) is 79.4 cm³/mol. The molecule has 1 aliphatic carbocycles. The Morgan fingerprint density at radius 1 is 1.52 bits per heavy atom. The summed E-state index contributed by atoms with van der Waals surface area (Å²) >= 11 is 0. The van der Waals surface area contributed by atoms with Gasteiger partial charge in [-0.25, -0.2) is 0 Å². The number of nitrogens with two attached hydrogens (primary N) is 1. The highest BCUT2D eigenvalue weighted by atomic mass is 16.5. The normalized spacial score (nSPS) is 24.7. The van der Waals surface area contributed by atoms with Crippen LogP contribution in [0.1, 0.15) is 56.2 Å². The van der Waals surface area contributed by atoms with E-state index in [0.717, 1.165) is 30.5 Å². The lowest BCUT2D eigenvalue weighted by atomic mass is 9.75. The quantitative estimate of drug-likeness (QED) is 0.817. The molecular formula is C16H20N4O. The molecule has 1 aliphatic heterocycles. The molecule has 2 atom stereocenters. The second-order valence-corrected chi connectivity index (χ2v) is 6.00. The maximum atomic E-state index is 9.53. The molecule has 5 heteroatoms. The minimum Gasteiger partial charge on any atom is -0.420 e. The van der Waals surface area contributed by atoms with Crippen molar-refractivity contribution in [2.75, 3.05) is 0 Å². The van der Waals surface area contributed by atoms with Crippen LogP contribution in [-0.2, 0) is 0 Å². The number of nitrogens with one attached hydrogen (secondary N) is 1. The Morgan fingerprint density at radius 3 is 2.95 bits per heavy atom. The van der Waals surface area contributed by atoms with Gasteiger partial charge in [-0.05, 0) is 31.1 Å². The number of ether oxygens (including phenoxy) is 1. The van der Waals surface area contributed by atoms with Gasteiger partial charge in [0.05, 0.1) is 5.57 Å². The number of H-pyrrole nitrogens is 1. The van der Waals surface area contributed by atoms with Crippen molar-refractivity contribution in [2.24, 2.45) is 11.7 Å². The summed E-state index contributed by atoms with van der Waals surface area (Å²) in [5.41, 5.74) is 8.52. The third-order valence-corrected chi connectivity index (χ3v) is 4.31. The zero-order valence-corrected chi connectivity index (χ0v) is 12.4. The molecule has 0 fully saturated rings. The minimum atomic E-state index is -0.0496. The van der Waals surface area contributed by atoms with Gasteiger partial charge >= 0.3 is 0 Å². The topological polar surface area (TPSA) is 87.7 Å². The molecule has 110 valence electrons. The third kappa shape index (κ3) is 2.21. The zero-order valence-electron chi connectivity index (χ0n) is 12.4. The highest BCUT2D eigenvalue weighted by Crippen LogP contribution is 2.47. The highest BCUT2D eigenvalue weighted by molar-refractivity contribution is 5.50. The second-order valence-electron chi connectivity index (χ2n) is 6.00. The van der Waals surface area contributed by atoms with Crippen molar-refractivity contribution in [3.8, 4) is 11.9 Å².